The van der Waals surface area contributed by atoms with Crippen LogP contribution >= 0.6 is 0 Å². The quantitative estimate of drug-likeness (QED) is 0.719. The number of benzene rings is 1. The smallest absolute Gasteiger partial charge is 0.243 e. The van der Waals surface area contributed by atoms with Crippen molar-refractivity contribution in [1.82, 2.24) is 4.72 Å². The third-order valence-electron chi connectivity index (χ3n) is 2.04. The summed E-state index contributed by atoms with van der Waals surface area (Å²) in [4.78, 5) is 0.819. The van der Waals surface area contributed by atoms with Gasteiger partial charge in [0, 0.05) is 0 Å². The van der Waals surface area contributed by atoms with Crippen molar-refractivity contribution in [3.05, 3.63) is 30.1 Å². The van der Waals surface area contributed by atoms with Crippen LogP contribution in [0, 0.1) is 5.82 Å². The first kappa shape index (κ1) is 13.1. The number of quaternary nitrogens is 1. The van der Waals surface area contributed by atoms with Crippen LogP contribution in [0.5, 0.6) is 0 Å². The van der Waals surface area contributed by atoms with Gasteiger partial charge in [0.05, 0.1) is 27.2 Å². The summed E-state index contributed by atoms with van der Waals surface area (Å²) >= 11 is 0. The van der Waals surface area contributed by atoms with Crippen molar-refractivity contribution in [3.8, 4) is 0 Å². The molecule has 2 N–H and O–H groups in total. The van der Waals surface area contributed by atoms with Crippen LogP contribution < -0.4 is 9.62 Å². The van der Waals surface area contributed by atoms with E-state index in [0.29, 0.717) is 13.1 Å². The largest absolute Gasteiger partial charge is 0.339 e. The third kappa shape index (κ3) is 3.55. The molecule has 0 atom stereocenters. The third-order valence-corrected chi connectivity index (χ3v) is 3.54. The molecular weight excluding hydrogens is 231 g/mol. The summed E-state index contributed by atoms with van der Waals surface area (Å²) < 4.78 is 39.0. The van der Waals surface area contributed by atoms with Gasteiger partial charge < -0.3 is 4.90 Å². The Labute approximate surface area is 95.1 Å². The second-order valence-corrected chi connectivity index (χ2v) is 5.52. The molecule has 1 aromatic carbocycles. The molecule has 4 nitrogen and oxygen atoms in total. The average Bonchev–Trinajstić information content (AvgIpc) is 2.17. The van der Waals surface area contributed by atoms with Crippen LogP contribution in [0.3, 0.4) is 0 Å². The Bertz CT molecular complexity index is 446. The molecule has 0 saturated carbocycles. The van der Waals surface area contributed by atoms with Crippen LogP contribution in [-0.2, 0) is 10.0 Å². The minimum absolute atomic E-state index is 0.291. The molecule has 90 valence electrons. The lowest BCUT2D eigenvalue weighted by atomic mass is 10.4. The van der Waals surface area contributed by atoms with E-state index in [0.717, 1.165) is 11.0 Å². The Morgan fingerprint density at radius 1 is 1.31 bits per heavy atom. The Morgan fingerprint density at radius 2 is 1.94 bits per heavy atom. The molecule has 16 heavy (non-hydrogen) atoms. The van der Waals surface area contributed by atoms with Gasteiger partial charge >= 0.3 is 0 Å². The number of hydrogen-bond donors (Lipinski definition) is 2. The molecule has 0 aliphatic carbocycles. The zero-order chi connectivity index (χ0) is 12.2. The van der Waals surface area contributed by atoms with E-state index >= 15 is 0 Å². The van der Waals surface area contributed by atoms with Crippen LogP contribution in [0.1, 0.15) is 0 Å². The maximum absolute atomic E-state index is 13.2. The fraction of sp³-hybridized carbons (Fsp3) is 0.400. The van der Waals surface area contributed by atoms with Gasteiger partial charge in [0.25, 0.3) is 0 Å². The van der Waals surface area contributed by atoms with Gasteiger partial charge in [-0.1, -0.05) is 12.1 Å². The summed E-state index contributed by atoms with van der Waals surface area (Å²) in [5.74, 6) is -0.729. The summed E-state index contributed by atoms with van der Waals surface area (Å²) in [6, 6.07) is 5.33. The first-order chi connectivity index (χ1) is 7.43. The lowest BCUT2D eigenvalue weighted by Crippen LogP contribution is -3.06. The lowest BCUT2D eigenvalue weighted by Gasteiger charge is -2.09. The fourth-order valence-electron chi connectivity index (χ4n) is 1.18. The summed E-state index contributed by atoms with van der Waals surface area (Å²) in [5, 5.41) is 0. The first-order valence-corrected chi connectivity index (χ1v) is 6.45. The molecule has 6 heteroatoms. The molecule has 0 amide bonds. The maximum Gasteiger partial charge on any atom is 0.243 e. The molecule has 0 heterocycles. The Balaban J connectivity index is 2.75. The van der Waals surface area contributed by atoms with E-state index in [1.165, 1.54) is 18.2 Å². The second kappa shape index (κ2) is 5.38. The molecule has 0 radical (unpaired) electrons. The second-order valence-electron chi connectivity index (χ2n) is 3.79. The monoisotopic (exact) mass is 247 g/mol. The van der Waals surface area contributed by atoms with Gasteiger partial charge in [-0.3, -0.25) is 0 Å². The summed E-state index contributed by atoms with van der Waals surface area (Å²) in [7, 11) is 0.103. The Morgan fingerprint density at radius 3 is 2.50 bits per heavy atom. The highest BCUT2D eigenvalue weighted by atomic mass is 32.2. The van der Waals surface area contributed by atoms with Crippen LogP contribution in [0.4, 0.5) is 4.39 Å². The van der Waals surface area contributed by atoms with E-state index < -0.39 is 15.8 Å². The molecular formula is C10H16FN2O2S+. The van der Waals surface area contributed by atoms with Crippen molar-refractivity contribution in [2.45, 2.75) is 4.90 Å². The number of hydrogen-bond acceptors (Lipinski definition) is 2. The van der Waals surface area contributed by atoms with E-state index in [9.17, 15) is 12.8 Å². The fourth-order valence-corrected chi connectivity index (χ4v) is 2.28. The zero-order valence-electron chi connectivity index (χ0n) is 9.33. The van der Waals surface area contributed by atoms with Crippen LogP contribution in [0.15, 0.2) is 29.2 Å². The summed E-state index contributed by atoms with van der Waals surface area (Å²) in [6.45, 7) is 0.937. The Kier molecular flexibility index (Phi) is 4.40. The molecule has 0 aliphatic heterocycles. The van der Waals surface area contributed by atoms with Crippen molar-refractivity contribution in [3.63, 3.8) is 0 Å². The standard InChI is InChI=1S/C10H15FN2O2S/c1-13(2)8-7-12-16(14,15)10-6-4-3-5-9(10)11/h3-6,12H,7-8H2,1-2H3/p+1. The van der Waals surface area contributed by atoms with Gasteiger partial charge in [0.2, 0.25) is 10.0 Å². The van der Waals surface area contributed by atoms with Gasteiger partial charge in [-0.25, -0.2) is 17.5 Å². The number of likely N-dealkylation sites (N-methyl/N-ethyl adjacent to an activating group) is 1. The number of halogens is 1. The normalized spacial score (nSPS) is 12.0. The number of sulfonamides is 1. The molecule has 0 bridgehead atoms. The van der Waals surface area contributed by atoms with Crippen molar-refractivity contribution < 1.29 is 17.7 Å². The van der Waals surface area contributed by atoms with Crippen molar-refractivity contribution in [2.75, 3.05) is 27.2 Å². The topological polar surface area (TPSA) is 50.6 Å². The minimum Gasteiger partial charge on any atom is -0.339 e. The molecule has 0 saturated heterocycles. The minimum atomic E-state index is -3.72. The highest BCUT2D eigenvalue weighted by Crippen LogP contribution is 2.12. The predicted molar refractivity (Wildman–Crippen MR) is 59.3 cm³/mol. The average molecular weight is 247 g/mol. The van der Waals surface area contributed by atoms with Crippen molar-refractivity contribution in [2.24, 2.45) is 0 Å². The van der Waals surface area contributed by atoms with Crippen LogP contribution in [-0.4, -0.2) is 35.6 Å². The summed E-state index contributed by atoms with van der Waals surface area (Å²) in [6.07, 6.45) is 0. The van der Waals surface area contributed by atoms with E-state index in [4.69, 9.17) is 0 Å². The lowest BCUT2D eigenvalue weighted by molar-refractivity contribution is -0.856. The molecule has 0 unspecified atom stereocenters. The molecule has 0 aromatic heterocycles. The molecule has 0 fully saturated rings. The SMILES string of the molecule is C[NH+](C)CCNS(=O)(=O)c1ccccc1F. The molecule has 1 rings (SSSR count). The number of rotatable bonds is 5. The number of nitrogens with one attached hydrogen (secondary N) is 2. The maximum atomic E-state index is 13.2. The van der Waals surface area contributed by atoms with Gasteiger partial charge in [-0.05, 0) is 12.1 Å². The first-order valence-electron chi connectivity index (χ1n) is 4.97. The van der Waals surface area contributed by atoms with Gasteiger partial charge in [-0.15, -0.1) is 0 Å². The van der Waals surface area contributed by atoms with Crippen molar-refractivity contribution >= 4 is 10.0 Å². The highest BCUT2D eigenvalue weighted by molar-refractivity contribution is 7.89. The van der Waals surface area contributed by atoms with Crippen LogP contribution in [0.25, 0.3) is 0 Å². The van der Waals surface area contributed by atoms with Gasteiger partial charge in [-0.2, -0.15) is 0 Å². The zero-order valence-corrected chi connectivity index (χ0v) is 10.1. The molecule has 0 aliphatic rings. The van der Waals surface area contributed by atoms with E-state index in [1.54, 1.807) is 0 Å². The molecule has 0 spiro atoms. The molecule has 1 aromatic rings. The summed E-state index contributed by atoms with van der Waals surface area (Å²) in [5.41, 5.74) is 0. The van der Waals surface area contributed by atoms with Crippen LogP contribution in [0.2, 0.25) is 0 Å². The van der Waals surface area contributed by atoms with E-state index in [1.807, 2.05) is 14.1 Å². The Hall–Kier alpha value is -0.980. The van der Waals surface area contributed by atoms with Gasteiger partial charge in [0.15, 0.2) is 0 Å². The highest BCUT2D eigenvalue weighted by Gasteiger charge is 2.17. The van der Waals surface area contributed by atoms with Gasteiger partial charge in [0.1, 0.15) is 10.7 Å². The predicted octanol–water partition coefficient (Wildman–Crippen LogP) is -0.751. The van der Waals surface area contributed by atoms with E-state index in [-0.39, 0.29) is 4.90 Å². The van der Waals surface area contributed by atoms with E-state index in [2.05, 4.69) is 4.72 Å². The van der Waals surface area contributed by atoms with Crippen molar-refractivity contribution in [1.29, 1.82) is 0 Å².